The molecule has 0 heterocycles. The molecule has 1 saturated carbocycles. The van der Waals surface area contributed by atoms with E-state index in [1.165, 1.54) is 25.7 Å². The standard InChI is InChI=1S/C8H14O3/c9-8(10)6-11-5-7-3-1-2-4-7/h7H,1-6H2,(H,9,10). The van der Waals surface area contributed by atoms with Gasteiger partial charge in [0.25, 0.3) is 0 Å². The van der Waals surface area contributed by atoms with Crippen LogP contribution in [-0.2, 0) is 9.53 Å². The molecule has 1 aliphatic rings. The number of carboxylic acid groups (broad SMARTS) is 1. The molecule has 0 unspecified atom stereocenters. The van der Waals surface area contributed by atoms with Gasteiger partial charge in [-0.25, -0.2) is 4.79 Å². The quantitative estimate of drug-likeness (QED) is 0.670. The van der Waals surface area contributed by atoms with Crippen LogP contribution in [0.2, 0.25) is 0 Å². The van der Waals surface area contributed by atoms with Gasteiger partial charge in [-0.05, 0) is 18.8 Å². The second kappa shape index (κ2) is 4.34. The minimum atomic E-state index is -0.872. The molecule has 0 saturated heterocycles. The lowest BCUT2D eigenvalue weighted by molar-refractivity contribution is -0.142. The number of carboxylic acids is 1. The summed E-state index contributed by atoms with van der Waals surface area (Å²) in [6, 6.07) is 0. The van der Waals surface area contributed by atoms with Gasteiger partial charge in [0.2, 0.25) is 0 Å². The molecule has 1 aliphatic carbocycles. The third-order valence-electron chi connectivity index (χ3n) is 2.05. The molecule has 0 atom stereocenters. The second-order valence-corrected chi connectivity index (χ2v) is 3.06. The van der Waals surface area contributed by atoms with Gasteiger partial charge in [-0.2, -0.15) is 0 Å². The molecule has 1 N–H and O–H groups in total. The normalized spacial score (nSPS) is 18.9. The molecule has 0 radical (unpaired) electrons. The fourth-order valence-electron chi connectivity index (χ4n) is 1.49. The summed E-state index contributed by atoms with van der Waals surface area (Å²) < 4.78 is 4.98. The SMILES string of the molecule is O=C(O)COCC1CCCC1. The zero-order valence-corrected chi connectivity index (χ0v) is 6.58. The van der Waals surface area contributed by atoms with Crippen LogP contribution in [0.25, 0.3) is 0 Å². The highest BCUT2D eigenvalue weighted by Gasteiger charge is 2.14. The highest BCUT2D eigenvalue weighted by Crippen LogP contribution is 2.24. The van der Waals surface area contributed by atoms with Crippen molar-refractivity contribution in [2.75, 3.05) is 13.2 Å². The van der Waals surface area contributed by atoms with Crippen LogP contribution in [0, 0.1) is 5.92 Å². The fourth-order valence-corrected chi connectivity index (χ4v) is 1.49. The predicted molar refractivity (Wildman–Crippen MR) is 40.4 cm³/mol. The highest BCUT2D eigenvalue weighted by molar-refractivity contribution is 5.67. The Bertz CT molecular complexity index is 127. The van der Waals surface area contributed by atoms with E-state index in [2.05, 4.69) is 0 Å². The van der Waals surface area contributed by atoms with Crippen LogP contribution in [0.4, 0.5) is 0 Å². The molecule has 64 valence electrons. The molecule has 1 fully saturated rings. The molecule has 0 spiro atoms. The average molecular weight is 158 g/mol. The van der Waals surface area contributed by atoms with Gasteiger partial charge >= 0.3 is 5.97 Å². The summed E-state index contributed by atoms with van der Waals surface area (Å²) in [6.45, 7) is 0.489. The maximum atomic E-state index is 10.0. The summed E-state index contributed by atoms with van der Waals surface area (Å²) in [4.78, 5) is 10.0. The summed E-state index contributed by atoms with van der Waals surface area (Å²) in [6.07, 6.45) is 4.97. The van der Waals surface area contributed by atoms with E-state index in [1.807, 2.05) is 0 Å². The Morgan fingerprint density at radius 2 is 2.09 bits per heavy atom. The van der Waals surface area contributed by atoms with Crippen molar-refractivity contribution in [3.05, 3.63) is 0 Å². The number of hydrogen-bond donors (Lipinski definition) is 1. The second-order valence-electron chi connectivity index (χ2n) is 3.06. The zero-order valence-electron chi connectivity index (χ0n) is 6.58. The molecule has 3 nitrogen and oxygen atoms in total. The summed E-state index contributed by atoms with van der Waals surface area (Å²) in [7, 11) is 0. The molecule has 0 amide bonds. The van der Waals surface area contributed by atoms with Crippen LogP contribution in [0.15, 0.2) is 0 Å². The van der Waals surface area contributed by atoms with E-state index in [1.54, 1.807) is 0 Å². The van der Waals surface area contributed by atoms with E-state index in [0.717, 1.165) is 0 Å². The first-order valence-electron chi connectivity index (χ1n) is 4.08. The van der Waals surface area contributed by atoms with E-state index in [-0.39, 0.29) is 6.61 Å². The van der Waals surface area contributed by atoms with Crippen molar-refractivity contribution in [1.82, 2.24) is 0 Å². The molecule has 1 rings (SSSR count). The molecule has 0 bridgehead atoms. The van der Waals surface area contributed by atoms with Gasteiger partial charge in [0.15, 0.2) is 0 Å². The Labute approximate surface area is 66.4 Å². The summed E-state index contributed by atoms with van der Waals surface area (Å²) >= 11 is 0. The maximum absolute atomic E-state index is 10.0. The van der Waals surface area contributed by atoms with E-state index < -0.39 is 5.97 Å². The molecule has 0 aromatic heterocycles. The topological polar surface area (TPSA) is 46.5 Å². The lowest BCUT2D eigenvalue weighted by Crippen LogP contribution is -2.12. The van der Waals surface area contributed by atoms with Gasteiger partial charge in [-0.3, -0.25) is 0 Å². The first-order valence-corrected chi connectivity index (χ1v) is 4.08. The van der Waals surface area contributed by atoms with Crippen LogP contribution in [-0.4, -0.2) is 24.3 Å². The van der Waals surface area contributed by atoms with Crippen LogP contribution in [0.5, 0.6) is 0 Å². The molecule has 3 heteroatoms. The van der Waals surface area contributed by atoms with Crippen LogP contribution in [0.1, 0.15) is 25.7 Å². The monoisotopic (exact) mass is 158 g/mol. The molecular formula is C8H14O3. The van der Waals surface area contributed by atoms with E-state index in [9.17, 15) is 4.79 Å². The van der Waals surface area contributed by atoms with Gasteiger partial charge in [0.1, 0.15) is 6.61 Å². The number of hydrogen-bond acceptors (Lipinski definition) is 2. The lowest BCUT2D eigenvalue weighted by atomic mass is 10.1. The zero-order chi connectivity index (χ0) is 8.10. The van der Waals surface area contributed by atoms with E-state index in [4.69, 9.17) is 9.84 Å². The molecule has 0 aromatic carbocycles. The van der Waals surface area contributed by atoms with E-state index >= 15 is 0 Å². The molecule has 11 heavy (non-hydrogen) atoms. The third kappa shape index (κ3) is 3.37. The van der Waals surface area contributed by atoms with Gasteiger partial charge in [-0.1, -0.05) is 12.8 Å². The van der Waals surface area contributed by atoms with Crippen LogP contribution in [0.3, 0.4) is 0 Å². The first-order chi connectivity index (χ1) is 5.29. The summed E-state index contributed by atoms with van der Waals surface area (Å²) in [5.74, 6) is -0.252. The van der Waals surface area contributed by atoms with Gasteiger partial charge in [0, 0.05) is 0 Å². The van der Waals surface area contributed by atoms with E-state index in [0.29, 0.717) is 12.5 Å². The highest BCUT2D eigenvalue weighted by atomic mass is 16.5. The molecular weight excluding hydrogens is 144 g/mol. The minimum absolute atomic E-state index is 0.142. The first kappa shape index (κ1) is 8.53. The minimum Gasteiger partial charge on any atom is -0.480 e. The Morgan fingerprint density at radius 1 is 1.45 bits per heavy atom. The van der Waals surface area contributed by atoms with Crippen molar-refractivity contribution >= 4 is 5.97 Å². The smallest absolute Gasteiger partial charge is 0.329 e. The van der Waals surface area contributed by atoms with Gasteiger partial charge in [-0.15, -0.1) is 0 Å². The van der Waals surface area contributed by atoms with Crippen molar-refractivity contribution in [3.63, 3.8) is 0 Å². The van der Waals surface area contributed by atoms with Crippen molar-refractivity contribution in [2.45, 2.75) is 25.7 Å². The number of carbonyl (C=O) groups is 1. The Hall–Kier alpha value is -0.570. The average Bonchev–Trinajstić information content (AvgIpc) is 2.39. The number of rotatable bonds is 4. The van der Waals surface area contributed by atoms with Crippen molar-refractivity contribution in [2.24, 2.45) is 5.92 Å². The van der Waals surface area contributed by atoms with Crippen molar-refractivity contribution in [1.29, 1.82) is 0 Å². The fraction of sp³-hybridized carbons (Fsp3) is 0.875. The maximum Gasteiger partial charge on any atom is 0.329 e. The summed E-state index contributed by atoms with van der Waals surface area (Å²) in [5, 5.41) is 8.26. The number of ether oxygens (including phenoxy) is 1. The molecule has 0 aliphatic heterocycles. The van der Waals surface area contributed by atoms with Crippen LogP contribution >= 0.6 is 0 Å². The largest absolute Gasteiger partial charge is 0.480 e. The van der Waals surface area contributed by atoms with Crippen LogP contribution < -0.4 is 0 Å². The lowest BCUT2D eigenvalue weighted by Gasteiger charge is -2.06. The predicted octanol–water partition coefficient (Wildman–Crippen LogP) is 1.28. The van der Waals surface area contributed by atoms with Crippen molar-refractivity contribution < 1.29 is 14.6 Å². The Kier molecular flexibility index (Phi) is 3.36. The molecule has 0 aromatic rings. The Morgan fingerprint density at radius 3 is 2.64 bits per heavy atom. The van der Waals surface area contributed by atoms with Gasteiger partial charge in [0.05, 0.1) is 6.61 Å². The Balaban J connectivity index is 1.98. The third-order valence-corrected chi connectivity index (χ3v) is 2.05. The van der Waals surface area contributed by atoms with Crippen molar-refractivity contribution in [3.8, 4) is 0 Å². The number of aliphatic carboxylic acids is 1. The summed E-state index contributed by atoms with van der Waals surface area (Å²) in [5.41, 5.74) is 0. The van der Waals surface area contributed by atoms with Gasteiger partial charge < -0.3 is 9.84 Å².